The number of hydrogen-bond donors (Lipinski definition) is 1. The number of halogens is 1. The number of aromatic amines is 1. The van der Waals surface area contributed by atoms with Gasteiger partial charge >= 0.3 is 0 Å². The summed E-state index contributed by atoms with van der Waals surface area (Å²) in [5.74, 6) is -0.361. The first-order valence-corrected chi connectivity index (χ1v) is 5.29. The molecule has 80 valence electrons. The lowest BCUT2D eigenvalue weighted by Gasteiger charge is -2.34. The van der Waals surface area contributed by atoms with Crippen LogP contribution < -0.4 is 0 Å². The van der Waals surface area contributed by atoms with Crippen molar-refractivity contribution in [1.29, 1.82) is 5.26 Å². The van der Waals surface area contributed by atoms with E-state index < -0.39 is 5.41 Å². The predicted octanol–water partition coefficient (Wildman–Crippen LogP) is 2.65. The minimum Gasteiger partial charge on any atom is -0.356 e. The smallest absolute Gasteiger partial charge is 0.143 e. The highest BCUT2D eigenvalue weighted by molar-refractivity contribution is 5.76. The Morgan fingerprint density at radius 1 is 1.44 bits per heavy atom. The number of pyridine rings is 1. The maximum atomic E-state index is 13.0. The minimum absolute atomic E-state index is 0.361. The van der Waals surface area contributed by atoms with Crippen LogP contribution in [0.15, 0.2) is 18.3 Å². The molecule has 16 heavy (non-hydrogen) atoms. The third-order valence-corrected chi connectivity index (χ3v) is 3.37. The molecule has 3 nitrogen and oxygen atoms in total. The summed E-state index contributed by atoms with van der Waals surface area (Å²) in [5.41, 5.74) is 1.86. The van der Waals surface area contributed by atoms with Gasteiger partial charge in [-0.2, -0.15) is 5.26 Å². The molecule has 3 rings (SSSR count). The standard InChI is InChI=1S/C12H10FN3/c13-8-4-10-9(15-6-8)5-11(16-10)12(7-14)2-1-3-12/h4-6,16H,1-3H2. The fraction of sp³-hybridized carbons (Fsp3) is 0.333. The van der Waals surface area contributed by atoms with Gasteiger partial charge in [-0.05, 0) is 25.3 Å². The molecule has 1 N–H and O–H groups in total. The van der Waals surface area contributed by atoms with Gasteiger partial charge in [-0.15, -0.1) is 0 Å². The van der Waals surface area contributed by atoms with E-state index in [4.69, 9.17) is 0 Å². The Hall–Kier alpha value is -1.89. The zero-order valence-electron chi connectivity index (χ0n) is 8.63. The van der Waals surface area contributed by atoms with E-state index in [2.05, 4.69) is 16.0 Å². The molecule has 0 unspecified atom stereocenters. The number of nitrogens with one attached hydrogen (secondary N) is 1. The summed E-state index contributed by atoms with van der Waals surface area (Å²) in [6.45, 7) is 0. The van der Waals surface area contributed by atoms with Crippen LogP contribution >= 0.6 is 0 Å². The number of fused-ring (bicyclic) bond motifs is 1. The summed E-state index contributed by atoms with van der Waals surface area (Å²) in [7, 11) is 0. The zero-order chi connectivity index (χ0) is 11.2. The van der Waals surface area contributed by atoms with Crippen LogP contribution in [0.2, 0.25) is 0 Å². The summed E-state index contributed by atoms with van der Waals surface area (Å²) in [4.78, 5) is 7.10. The molecule has 0 aliphatic heterocycles. The Balaban J connectivity index is 2.16. The molecule has 4 heteroatoms. The van der Waals surface area contributed by atoms with Crippen molar-refractivity contribution in [2.24, 2.45) is 0 Å². The molecule has 0 spiro atoms. The van der Waals surface area contributed by atoms with Crippen LogP contribution in [0, 0.1) is 17.1 Å². The Bertz CT molecular complexity index is 590. The van der Waals surface area contributed by atoms with Gasteiger partial charge in [-0.1, -0.05) is 0 Å². The summed E-state index contributed by atoms with van der Waals surface area (Å²) in [5, 5.41) is 9.21. The van der Waals surface area contributed by atoms with E-state index in [9.17, 15) is 9.65 Å². The molecule has 1 aliphatic carbocycles. The van der Waals surface area contributed by atoms with Crippen molar-refractivity contribution in [2.75, 3.05) is 0 Å². The molecule has 2 aromatic heterocycles. The van der Waals surface area contributed by atoms with Crippen LogP contribution in [-0.4, -0.2) is 9.97 Å². The van der Waals surface area contributed by atoms with E-state index in [1.165, 1.54) is 12.3 Å². The zero-order valence-corrected chi connectivity index (χ0v) is 8.63. The van der Waals surface area contributed by atoms with Crippen LogP contribution in [0.5, 0.6) is 0 Å². The van der Waals surface area contributed by atoms with Crippen LogP contribution in [0.25, 0.3) is 11.0 Å². The first kappa shape index (κ1) is 9.34. The van der Waals surface area contributed by atoms with E-state index >= 15 is 0 Å². The molecule has 0 atom stereocenters. The normalized spacial score (nSPS) is 18.0. The molecular formula is C12H10FN3. The highest BCUT2D eigenvalue weighted by atomic mass is 19.1. The highest BCUT2D eigenvalue weighted by Gasteiger charge is 2.40. The number of rotatable bonds is 1. The van der Waals surface area contributed by atoms with E-state index in [-0.39, 0.29) is 5.82 Å². The maximum absolute atomic E-state index is 13.0. The highest BCUT2D eigenvalue weighted by Crippen LogP contribution is 2.43. The van der Waals surface area contributed by atoms with Gasteiger partial charge in [0.15, 0.2) is 0 Å². The summed E-state index contributed by atoms with van der Waals surface area (Å²) in [6.07, 6.45) is 4.02. The summed E-state index contributed by atoms with van der Waals surface area (Å²) >= 11 is 0. The monoisotopic (exact) mass is 215 g/mol. The SMILES string of the molecule is N#CC1(c2cc3ncc(F)cc3[nH]2)CCC1. The van der Waals surface area contributed by atoms with E-state index in [1.807, 2.05) is 6.07 Å². The molecule has 1 aliphatic rings. The average molecular weight is 215 g/mol. The fourth-order valence-electron chi connectivity index (χ4n) is 2.21. The lowest BCUT2D eigenvalue weighted by Crippen LogP contribution is -2.32. The average Bonchev–Trinajstić information content (AvgIpc) is 2.60. The fourth-order valence-corrected chi connectivity index (χ4v) is 2.21. The second-order valence-electron chi connectivity index (χ2n) is 4.32. The van der Waals surface area contributed by atoms with Crippen LogP contribution in [0.3, 0.4) is 0 Å². The van der Waals surface area contributed by atoms with Crippen molar-refractivity contribution in [1.82, 2.24) is 9.97 Å². The van der Waals surface area contributed by atoms with Crippen molar-refractivity contribution in [3.63, 3.8) is 0 Å². The third-order valence-electron chi connectivity index (χ3n) is 3.37. The number of aromatic nitrogens is 2. The third kappa shape index (κ3) is 1.15. The molecule has 2 heterocycles. The Morgan fingerprint density at radius 2 is 2.25 bits per heavy atom. The van der Waals surface area contributed by atoms with Crippen molar-refractivity contribution < 1.29 is 4.39 Å². The summed E-state index contributed by atoms with van der Waals surface area (Å²) < 4.78 is 13.0. The largest absolute Gasteiger partial charge is 0.356 e. The summed E-state index contributed by atoms with van der Waals surface area (Å²) in [6, 6.07) is 5.62. The van der Waals surface area contributed by atoms with E-state index in [1.54, 1.807) is 0 Å². The quantitative estimate of drug-likeness (QED) is 0.795. The van der Waals surface area contributed by atoms with Gasteiger partial charge in [0.25, 0.3) is 0 Å². The molecule has 0 radical (unpaired) electrons. The second kappa shape index (κ2) is 3.05. The Labute approximate surface area is 91.9 Å². The number of nitriles is 1. The Kier molecular flexibility index (Phi) is 1.78. The number of nitrogens with zero attached hydrogens (tertiary/aromatic N) is 2. The van der Waals surface area contributed by atoms with Crippen molar-refractivity contribution in [3.05, 3.63) is 29.8 Å². The van der Waals surface area contributed by atoms with Gasteiger partial charge < -0.3 is 4.98 Å². The van der Waals surface area contributed by atoms with Gasteiger partial charge in [0.2, 0.25) is 0 Å². The first-order chi connectivity index (χ1) is 7.73. The first-order valence-electron chi connectivity index (χ1n) is 5.29. The van der Waals surface area contributed by atoms with Crippen LogP contribution in [0.4, 0.5) is 4.39 Å². The molecular weight excluding hydrogens is 205 g/mol. The lowest BCUT2D eigenvalue weighted by atomic mass is 9.68. The molecule has 2 aromatic rings. The lowest BCUT2D eigenvalue weighted by molar-refractivity contribution is 0.318. The topological polar surface area (TPSA) is 52.5 Å². The van der Waals surface area contributed by atoms with Crippen LogP contribution in [-0.2, 0) is 5.41 Å². The molecule has 0 amide bonds. The molecule has 1 fully saturated rings. The van der Waals surface area contributed by atoms with Crippen molar-refractivity contribution in [3.8, 4) is 6.07 Å². The van der Waals surface area contributed by atoms with E-state index in [0.29, 0.717) is 5.52 Å². The number of H-pyrrole nitrogens is 1. The molecule has 0 bridgehead atoms. The van der Waals surface area contributed by atoms with Crippen molar-refractivity contribution in [2.45, 2.75) is 24.7 Å². The molecule has 1 saturated carbocycles. The van der Waals surface area contributed by atoms with Crippen molar-refractivity contribution >= 4 is 11.0 Å². The van der Waals surface area contributed by atoms with Gasteiger partial charge in [0.05, 0.1) is 28.7 Å². The van der Waals surface area contributed by atoms with Gasteiger partial charge in [-0.25, -0.2) is 4.39 Å². The van der Waals surface area contributed by atoms with Gasteiger partial charge in [-0.3, -0.25) is 4.98 Å². The van der Waals surface area contributed by atoms with Crippen LogP contribution in [0.1, 0.15) is 25.0 Å². The molecule has 0 aromatic carbocycles. The Morgan fingerprint density at radius 3 is 2.88 bits per heavy atom. The minimum atomic E-state index is -0.392. The molecule has 0 saturated heterocycles. The van der Waals surface area contributed by atoms with Gasteiger partial charge in [0.1, 0.15) is 5.82 Å². The van der Waals surface area contributed by atoms with Gasteiger partial charge in [0, 0.05) is 11.8 Å². The number of hydrogen-bond acceptors (Lipinski definition) is 2. The van der Waals surface area contributed by atoms with E-state index in [0.717, 1.165) is 30.5 Å². The maximum Gasteiger partial charge on any atom is 0.143 e. The second-order valence-corrected chi connectivity index (χ2v) is 4.32. The predicted molar refractivity (Wildman–Crippen MR) is 57.2 cm³/mol.